The van der Waals surface area contributed by atoms with Gasteiger partial charge in [-0.15, -0.1) is 0 Å². The van der Waals surface area contributed by atoms with Crippen molar-refractivity contribution in [1.29, 1.82) is 5.26 Å². The van der Waals surface area contributed by atoms with E-state index in [1.165, 1.54) is 11.6 Å². The van der Waals surface area contributed by atoms with E-state index < -0.39 is 18.0 Å². The molecule has 0 saturated heterocycles. The molecule has 7 nitrogen and oxygen atoms in total. The van der Waals surface area contributed by atoms with E-state index in [1.54, 1.807) is 31.2 Å². The van der Waals surface area contributed by atoms with E-state index in [-0.39, 0.29) is 10.7 Å². The Labute approximate surface area is 178 Å². The Morgan fingerprint density at radius 3 is 2.57 bits per heavy atom. The molecule has 2 aromatic carbocycles. The Hall–Kier alpha value is -3.63. The van der Waals surface area contributed by atoms with E-state index in [4.69, 9.17) is 21.6 Å². The number of hydrogen-bond acceptors (Lipinski definition) is 5. The third-order valence-electron chi connectivity index (χ3n) is 4.40. The number of ether oxygens (including phenoxy) is 1. The summed E-state index contributed by atoms with van der Waals surface area (Å²) in [5.41, 5.74) is 2.15. The zero-order valence-electron chi connectivity index (χ0n) is 16.4. The Morgan fingerprint density at radius 2 is 1.87 bits per heavy atom. The van der Waals surface area contributed by atoms with Crippen molar-refractivity contribution in [3.05, 3.63) is 82.1 Å². The molecular formula is C22H19ClN4O3. The molecule has 1 atom stereocenters. The molecule has 0 bridgehead atoms. The molecule has 0 spiro atoms. The van der Waals surface area contributed by atoms with Crippen molar-refractivity contribution < 1.29 is 14.3 Å². The molecule has 3 rings (SSSR count). The number of nitriles is 1. The summed E-state index contributed by atoms with van der Waals surface area (Å²) in [7, 11) is 0. The molecule has 0 fully saturated rings. The van der Waals surface area contributed by atoms with E-state index >= 15 is 0 Å². The normalized spacial score (nSPS) is 11.4. The van der Waals surface area contributed by atoms with Crippen molar-refractivity contribution >= 4 is 29.2 Å². The highest BCUT2D eigenvalue weighted by atomic mass is 35.5. The Kier molecular flexibility index (Phi) is 6.50. The van der Waals surface area contributed by atoms with Gasteiger partial charge in [0, 0.05) is 0 Å². The third-order valence-corrected chi connectivity index (χ3v) is 4.79. The van der Waals surface area contributed by atoms with E-state index in [0.29, 0.717) is 23.5 Å². The highest BCUT2D eigenvalue weighted by Crippen LogP contribution is 2.23. The summed E-state index contributed by atoms with van der Waals surface area (Å²) in [6, 6.07) is 18.1. The van der Waals surface area contributed by atoms with Crippen LogP contribution >= 0.6 is 11.6 Å². The zero-order chi connectivity index (χ0) is 21.7. The van der Waals surface area contributed by atoms with Gasteiger partial charge in [-0.2, -0.15) is 10.4 Å². The molecule has 0 aliphatic rings. The van der Waals surface area contributed by atoms with Crippen molar-refractivity contribution in [2.24, 2.45) is 0 Å². The van der Waals surface area contributed by atoms with E-state index in [9.17, 15) is 9.59 Å². The standard InChI is InChI=1S/C22H19ClN4O3/c1-14-19(20(23)27(26-14)13-16-8-4-3-5-9-16)22(29)30-15(2)21(28)25-18-11-7-6-10-17(18)12-24/h3-11,15H,13H2,1-2H3,(H,25,28). The van der Waals surface area contributed by atoms with Gasteiger partial charge in [0.15, 0.2) is 6.10 Å². The summed E-state index contributed by atoms with van der Waals surface area (Å²) in [4.78, 5) is 25.1. The number of para-hydroxylation sites is 1. The number of anilines is 1. The molecule has 0 aliphatic carbocycles. The fourth-order valence-electron chi connectivity index (χ4n) is 2.84. The lowest BCUT2D eigenvalue weighted by Crippen LogP contribution is -2.30. The largest absolute Gasteiger partial charge is 0.449 e. The number of halogens is 1. The van der Waals surface area contributed by atoms with E-state index in [1.807, 2.05) is 36.4 Å². The number of benzene rings is 2. The van der Waals surface area contributed by atoms with Gasteiger partial charge in [0.05, 0.1) is 23.5 Å². The van der Waals surface area contributed by atoms with Gasteiger partial charge in [-0.25, -0.2) is 9.48 Å². The van der Waals surface area contributed by atoms with Crippen LogP contribution in [0.15, 0.2) is 54.6 Å². The molecular weight excluding hydrogens is 404 g/mol. The molecule has 1 amide bonds. The van der Waals surface area contributed by atoms with Gasteiger partial charge in [0.2, 0.25) is 0 Å². The van der Waals surface area contributed by atoms with Gasteiger partial charge in [0.25, 0.3) is 5.91 Å². The van der Waals surface area contributed by atoms with Crippen LogP contribution in [0.4, 0.5) is 5.69 Å². The van der Waals surface area contributed by atoms with Crippen molar-refractivity contribution in [3.63, 3.8) is 0 Å². The average Bonchev–Trinajstić information content (AvgIpc) is 3.02. The molecule has 152 valence electrons. The fraction of sp³-hybridized carbons (Fsp3) is 0.182. The van der Waals surface area contributed by atoms with Crippen LogP contribution in [0.3, 0.4) is 0 Å². The number of aryl methyl sites for hydroxylation is 1. The summed E-state index contributed by atoms with van der Waals surface area (Å²) in [6.07, 6.45) is -1.10. The minimum atomic E-state index is -1.10. The number of carbonyl (C=O) groups is 2. The summed E-state index contributed by atoms with van der Waals surface area (Å²) in [6.45, 7) is 3.49. The van der Waals surface area contributed by atoms with Crippen LogP contribution < -0.4 is 5.32 Å². The minimum Gasteiger partial charge on any atom is -0.449 e. The predicted octanol–water partition coefficient (Wildman–Crippen LogP) is 3.95. The summed E-state index contributed by atoms with van der Waals surface area (Å²) < 4.78 is 6.81. The van der Waals surface area contributed by atoms with Crippen molar-refractivity contribution in [2.75, 3.05) is 5.32 Å². The zero-order valence-corrected chi connectivity index (χ0v) is 17.2. The quantitative estimate of drug-likeness (QED) is 0.606. The fourth-order valence-corrected chi connectivity index (χ4v) is 3.15. The van der Waals surface area contributed by atoms with Crippen molar-refractivity contribution in [1.82, 2.24) is 9.78 Å². The number of rotatable bonds is 6. The van der Waals surface area contributed by atoms with Crippen LogP contribution in [0, 0.1) is 18.3 Å². The number of nitrogens with zero attached hydrogens (tertiary/aromatic N) is 3. The smallest absolute Gasteiger partial charge is 0.343 e. The number of amides is 1. The highest BCUT2D eigenvalue weighted by Gasteiger charge is 2.26. The van der Waals surface area contributed by atoms with Gasteiger partial charge < -0.3 is 10.1 Å². The lowest BCUT2D eigenvalue weighted by molar-refractivity contribution is -0.123. The van der Waals surface area contributed by atoms with Crippen LogP contribution in [0.5, 0.6) is 0 Å². The monoisotopic (exact) mass is 422 g/mol. The molecule has 1 unspecified atom stereocenters. The first-order chi connectivity index (χ1) is 14.4. The van der Waals surface area contributed by atoms with Crippen LogP contribution in [0.1, 0.15) is 34.1 Å². The number of aromatic nitrogens is 2. The van der Waals surface area contributed by atoms with Crippen LogP contribution in [0.25, 0.3) is 0 Å². The molecule has 0 saturated carbocycles. The molecule has 1 N–H and O–H groups in total. The first-order valence-electron chi connectivity index (χ1n) is 9.18. The maximum absolute atomic E-state index is 12.7. The molecule has 0 aliphatic heterocycles. The van der Waals surface area contributed by atoms with Crippen LogP contribution in [0.2, 0.25) is 5.15 Å². The first-order valence-corrected chi connectivity index (χ1v) is 9.56. The van der Waals surface area contributed by atoms with E-state index in [2.05, 4.69) is 10.4 Å². The van der Waals surface area contributed by atoms with E-state index in [0.717, 1.165) is 5.56 Å². The second kappa shape index (κ2) is 9.25. The minimum absolute atomic E-state index is 0.115. The predicted molar refractivity (Wildman–Crippen MR) is 112 cm³/mol. The average molecular weight is 423 g/mol. The Balaban J connectivity index is 1.71. The first kappa shape index (κ1) is 21.1. The highest BCUT2D eigenvalue weighted by molar-refractivity contribution is 6.32. The second-order valence-electron chi connectivity index (χ2n) is 6.59. The molecule has 0 radical (unpaired) electrons. The second-order valence-corrected chi connectivity index (χ2v) is 6.95. The lowest BCUT2D eigenvalue weighted by Gasteiger charge is -2.14. The molecule has 1 heterocycles. The van der Waals surface area contributed by atoms with Crippen LogP contribution in [-0.2, 0) is 16.1 Å². The molecule has 8 heteroatoms. The number of hydrogen-bond donors (Lipinski definition) is 1. The summed E-state index contributed by atoms with van der Waals surface area (Å²) in [5.74, 6) is -1.30. The van der Waals surface area contributed by atoms with Crippen molar-refractivity contribution in [3.8, 4) is 6.07 Å². The Bertz CT molecular complexity index is 1120. The third kappa shape index (κ3) is 4.67. The molecule has 3 aromatic rings. The van der Waals surface area contributed by atoms with Crippen molar-refractivity contribution in [2.45, 2.75) is 26.5 Å². The van der Waals surface area contributed by atoms with Gasteiger partial charge in [-0.05, 0) is 31.5 Å². The van der Waals surface area contributed by atoms with Crippen LogP contribution in [-0.4, -0.2) is 27.8 Å². The summed E-state index contributed by atoms with van der Waals surface area (Å²) >= 11 is 6.37. The SMILES string of the molecule is Cc1nn(Cc2ccccc2)c(Cl)c1C(=O)OC(C)C(=O)Nc1ccccc1C#N. The summed E-state index contributed by atoms with van der Waals surface area (Å²) in [5, 5.41) is 16.2. The number of esters is 1. The topological polar surface area (TPSA) is 97.0 Å². The number of nitrogens with one attached hydrogen (secondary N) is 1. The number of carbonyl (C=O) groups excluding carboxylic acids is 2. The van der Waals surface area contributed by atoms with Gasteiger partial charge in [0.1, 0.15) is 16.8 Å². The Morgan fingerprint density at radius 1 is 1.20 bits per heavy atom. The molecule has 1 aromatic heterocycles. The van der Waals surface area contributed by atoms with Gasteiger partial charge in [-0.1, -0.05) is 54.1 Å². The van der Waals surface area contributed by atoms with Gasteiger partial charge >= 0.3 is 5.97 Å². The molecule has 30 heavy (non-hydrogen) atoms. The lowest BCUT2D eigenvalue weighted by atomic mass is 10.2. The van der Waals surface area contributed by atoms with Gasteiger partial charge in [-0.3, -0.25) is 4.79 Å². The maximum atomic E-state index is 12.7. The maximum Gasteiger partial charge on any atom is 0.343 e.